The van der Waals surface area contributed by atoms with Crippen LogP contribution in [-0.4, -0.2) is 44.4 Å². The van der Waals surface area contributed by atoms with Crippen molar-refractivity contribution in [3.05, 3.63) is 51.7 Å². The molecule has 1 fully saturated rings. The minimum absolute atomic E-state index is 0.258. The van der Waals surface area contributed by atoms with Crippen LogP contribution in [0.4, 0.5) is 0 Å². The molecule has 1 aromatic carbocycles. The van der Waals surface area contributed by atoms with Crippen LogP contribution in [0.3, 0.4) is 0 Å². The Morgan fingerprint density at radius 1 is 1.17 bits per heavy atom. The zero-order chi connectivity index (χ0) is 21.6. The number of hydrogen-bond acceptors (Lipinski definition) is 4. The average molecular weight is 449 g/mol. The quantitative estimate of drug-likeness (QED) is 0.479. The number of hydrogen-bond donors (Lipinski definition) is 2. The van der Waals surface area contributed by atoms with Gasteiger partial charge in [0.05, 0.1) is 11.4 Å². The van der Waals surface area contributed by atoms with Crippen LogP contribution in [0.5, 0.6) is 0 Å². The molecule has 1 atom stereocenters. The van der Waals surface area contributed by atoms with Crippen LogP contribution in [0.2, 0.25) is 0 Å². The molecule has 1 aromatic heterocycles. The van der Waals surface area contributed by atoms with Gasteiger partial charge in [0.15, 0.2) is 5.96 Å². The third-order valence-electron chi connectivity index (χ3n) is 5.08. The Hall–Kier alpha value is -1.90. The van der Waals surface area contributed by atoms with Crippen molar-refractivity contribution in [2.45, 2.75) is 57.5 Å². The van der Waals surface area contributed by atoms with Gasteiger partial charge in [-0.3, -0.25) is 0 Å². The predicted octanol–water partition coefficient (Wildman–Crippen LogP) is 3.53. The molecule has 1 aliphatic heterocycles. The van der Waals surface area contributed by atoms with E-state index in [1.54, 1.807) is 16.4 Å². The Bertz CT molecular complexity index is 946. The van der Waals surface area contributed by atoms with Gasteiger partial charge in [-0.2, -0.15) is 4.31 Å². The number of guanidine groups is 1. The maximum absolute atomic E-state index is 12.6. The van der Waals surface area contributed by atoms with Gasteiger partial charge in [-0.05, 0) is 63.4 Å². The molecule has 2 N–H and O–H groups in total. The van der Waals surface area contributed by atoms with Gasteiger partial charge in [-0.1, -0.05) is 12.1 Å². The van der Waals surface area contributed by atoms with Crippen molar-refractivity contribution in [2.75, 3.05) is 19.6 Å². The Labute approximate surface area is 184 Å². The molecular weight excluding hydrogens is 416 g/mol. The monoisotopic (exact) mass is 448 g/mol. The van der Waals surface area contributed by atoms with E-state index in [0.717, 1.165) is 37.3 Å². The molecule has 0 amide bonds. The smallest absolute Gasteiger partial charge is 0.243 e. The summed E-state index contributed by atoms with van der Waals surface area (Å²) in [4.78, 5) is 7.73. The maximum Gasteiger partial charge on any atom is 0.243 e. The molecule has 3 rings (SSSR count). The van der Waals surface area contributed by atoms with E-state index < -0.39 is 10.0 Å². The summed E-state index contributed by atoms with van der Waals surface area (Å²) < 4.78 is 26.9. The molecule has 164 valence electrons. The number of aliphatic imine (C=N–C) groups is 1. The lowest BCUT2D eigenvalue weighted by atomic mass is 10.2. The molecular formula is C22H32N4O2S2. The summed E-state index contributed by atoms with van der Waals surface area (Å²) in [5, 5.41) is 6.75. The van der Waals surface area contributed by atoms with Crippen molar-refractivity contribution in [3.8, 4) is 0 Å². The van der Waals surface area contributed by atoms with Crippen molar-refractivity contribution in [2.24, 2.45) is 4.99 Å². The summed E-state index contributed by atoms with van der Waals surface area (Å²) in [5.41, 5.74) is 0.981. The van der Waals surface area contributed by atoms with Crippen LogP contribution in [0.25, 0.3) is 0 Å². The summed E-state index contributed by atoms with van der Waals surface area (Å²) in [7, 11) is -3.37. The average Bonchev–Trinajstić information content (AvgIpc) is 3.39. The lowest BCUT2D eigenvalue weighted by molar-refractivity contribution is 0.477. The van der Waals surface area contributed by atoms with E-state index in [9.17, 15) is 8.42 Å². The summed E-state index contributed by atoms with van der Waals surface area (Å²) in [5.74, 6) is 0.770. The molecule has 1 saturated heterocycles. The van der Waals surface area contributed by atoms with Crippen LogP contribution in [-0.2, 0) is 23.0 Å². The summed E-state index contributed by atoms with van der Waals surface area (Å²) in [6.07, 6.45) is 2.83. The molecule has 30 heavy (non-hydrogen) atoms. The lowest BCUT2D eigenvalue weighted by Crippen LogP contribution is -2.43. The van der Waals surface area contributed by atoms with Gasteiger partial charge in [0, 0.05) is 41.9 Å². The van der Waals surface area contributed by atoms with E-state index in [-0.39, 0.29) is 6.04 Å². The first-order valence-electron chi connectivity index (χ1n) is 10.6. The number of aryl methyl sites for hydroxylation is 1. The fourth-order valence-corrected chi connectivity index (χ4v) is 6.05. The zero-order valence-electron chi connectivity index (χ0n) is 18.0. The largest absolute Gasteiger partial charge is 0.357 e. The van der Waals surface area contributed by atoms with Crippen LogP contribution in [0, 0.1) is 6.92 Å². The minimum Gasteiger partial charge on any atom is -0.357 e. The van der Waals surface area contributed by atoms with E-state index in [1.807, 2.05) is 30.4 Å². The van der Waals surface area contributed by atoms with E-state index >= 15 is 0 Å². The Morgan fingerprint density at radius 3 is 2.47 bits per heavy atom. The van der Waals surface area contributed by atoms with Crippen LogP contribution < -0.4 is 10.6 Å². The molecule has 0 bridgehead atoms. The third-order valence-corrected chi connectivity index (χ3v) is 8.01. The number of benzene rings is 1. The van der Waals surface area contributed by atoms with Gasteiger partial charge >= 0.3 is 0 Å². The highest BCUT2D eigenvalue weighted by atomic mass is 32.2. The third kappa shape index (κ3) is 6.06. The van der Waals surface area contributed by atoms with Gasteiger partial charge in [-0.25, -0.2) is 13.4 Å². The predicted molar refractivity (Wildman–Crippen MR) is 125 cm³/mol. The summed E-state index contributed by atoms with van der Waals surface area (Å²) in [6.45, 7) is 8.83. The molecule has 0 spiro atoms. The second-order valence-electron chi connectivity index (χ2n) is 7.71. The summed E-state index contributed by atoms with van der Waals surface area (Å²) in [6, 6.07) is 11.7. The standard InChI is InChI=1S/C22H32N4O2S2/c1-4-23-22(25-17(2)15-20-10-7-18(3)29-20)24-16-19-8-11-21(12-9-19)30(27,28)26-13-5-6-14-26/h7-12,17H,4-6,13-16H2,1-3H3,(H2,23,24,25). The first kappa shape index (κ1) is 22.8. The first-order chi connectivity index (χ1) is 14.4. The molecule has 8 heteroatoms. The fraction of sp³-hybridized carbons (Fsp3) is 0.500. The first-order valence-corrected chi connectivity index (χ1v) is 12.8. The second-order valence-corrected chi connectivity index (χ2v) is 11.0. The fourth-order valence-electron chi connectivity index (χ4n) is 3.52. The molecule has 0 saturated carbocycles. The van der Waals surface area contributed by atoms with Gasteiger partial charge in [0.1, 0.15) is 0 Å². The maximum atomic E-state index is 12.6. The van der Waals surface area contributed by atoms with Crippen molar-refractivity contribution in [1.82, 2.24) is 14.9 Å². The molecule has 2 heterocycles. The summed E-state index contributed by atoms with van der Waals surface area (Å²) >= 11 is 1.83. The molecule has 1 unspecified atom stereocenters. The van der Waals surface area contributed by atoms with Gasteiger partial charge in [-0.15, -0.1) is 11.3 Å². The Balaban J connectivity index is 1.61. The zero-order valence-corrected chi connectivity index (χ0v) is 19.7. The number of nitrogens with one attached hydrogen (secondary N) is 2. The van der Waals surface area contributed by atoms with Gasteiger partial charge < -0.3 is 10.6 Å². The highest BCUT2D eigenvalue weighted by Gasteiger charge is 2.26. The highest BCUT2D eigenvalue weighted by molar-refractivity contribution is 7.89. The minimum atomic E-state index is -3.37. The number of nitrogens with zero attached hydrogens (tertiary/aromatic N) is 2. The van der Waals surface area contributed by atoms with Crippen LogP contribution in [0.15, 0.2) is 46.3 Å². The van der Waals surface area contributed by atoms with Crippen LogP contribution >= 0.6 is 11.3 Å². The van der Waals surface area contributed by atoms with Crippen molar-refractivity contribution in [1.29, 1.82) is 0 Å². The number of thiophene rings is 1. The van der Waals surface area contributed by atoms with Crippen LogP contribution in [0.1, 0.15) is 42.0 Å². The van der Waals surface area contributed by atoms with Crippen molar-refractivity contribution in [3.63, 3.8) is 0 Å². The molecule has 0 aliphatic carbocycles. The SMILES string of the molecule is CCNC(=NCc1ccc(S(=O)(=O)N2CCCC2)cc1)NC(C)Cc1ccc(C)s1. The Morgan fingerprint density at radius 2 is 1.87 bits per heavy atom. The molecule has 6 nitrogen and oxygen atoms in total. The van der Waals surface area contributed by atoms with Crippen molar-refractivity contribution < 1.29 is 8.42 Å². The van der Waals surface area contributed by atoms with E-state index in [0.29, 0.717) is 24.5 Å². The normalized spacial score (nSPS) is 16.6. The topological polar surface area (TPSA) is 73.8 Å². The van der Waals surface area contributed by atoms with Gasteiger partial charge in [0.2, 0.25) is 10.0 Å². The highest BCUT2D eigenvalue weighted by Crippen LogP contribution is 2.21. The van der Waals surface area contributed by atoms with E-state index in [4.69, 9.17) is 0 Å². The Kier molecular flexibility index (Phi) is 7.91. The van der Waals surface area contributed by atoms with Crippen molar-refractivity contribution >= 4 is 27.3 Å². The second kappa shape index (κ2) is 10.4. The molecule has 2 aromatic rings. The van der Waals surface area contributed by atoms with E-state index in [1.165, 1.54) is 9.75 Å². The van der Waals surface area contributed by atoms with Gasteiger partial charge in [0.25, 0.3) is 0 Å². The molecule has 1 aliphatic rings. The number of rotatable bonds is 8. The lowest BCUT2D eigenvalue weighted by Gasteiger charge is -2.17. The van der Waals surface area contributed by atoms with E-state index in [2.05, 4.69) is 41.6 Å². The number of sulfonamides is 1. The molecule has 0 radical (unpaired) electrons.